The van der Waals surface area contributed by atoms with Gasteiger partial charge in [-0.3, -0.25) is 4.79 Å². The van der Waals surface area contributed by atoms with Gasteiger partial charge in [0.25, 0.3) is 5.91 Å². The van der Waals surface area contributed by atoms with Crippen molar-refractivity contribution < 1.29 is 4.79 Å². The van der Waals surface area contributed by atoms with E-state index in [9.17, 15) is 4.79 Å². The monoisotopic (exact) mass is 338 g/mol. The third kappa shape index (κ3) is 3.28. The van der Waals surface area contributed by atoms with Gasteiger partial charge in [-0.05, 0) is 58.7 Å². The second kappa shape index (κ2) is 5.63. The number of nitrogens with two attached hydrogens (primary N) is 1. The number of rotatable bonds is 2. The van der Waals surface area contributed by atoms with Gasteiger partial charge in [0, 0.05) is 21.4 Å². The van der Waals surface area contributed by atoms with E-state index >= 15 is 0 Å². The number of carbonyl (C=O) groups excluding carboxylic acids is 1. The molecule has 0 aromatic heterocycles. The van der Waals surface area contributed by atoms with Gasteiger partial charge in [0.15, 0.2) is 0 Å². The first-order valence-corrected chi connectivity index (χ1v) is 6.77. The Kier molecular flexibility index (Phi) is 4.12. The number of nitrogens with one attached hydrogen (secondary N) is 1. The van der Waals surface area contributed by atoms with E-state index in [2.05, 4.69) is 21.2 Å². The quantitative estimate of drug-likeness (QED) is 0.804. The smallest absolute Gasteiger partial charge is 0.255 e. The molecule has 1 amide bonds. The van der Waals surface area contributed by atoms with Crippen LogP contribution in [-0.4, -0.2) is 5.91 Å². The lowest BCUT2D eigenvalue weighted by atomic mass is 10.1. The highest BCUT2D eigenvalue weighted by Gasteiger charge is 2.08. The third-order valence-electron chi connectivity index (χ3n) is 2.72. The molecule has 0 spiro atoms. The minimum Gasteiger partial charge on any atom is -0.398 e. The molecule has 3 N–H and O–H groups in total. The van der Waals surface area contributed by atoms with Crippen LogP contribution in [0.3, 0.4) is 0 Å². The number of amides is 1. The molecule has 2 aromatic carbocycles. The van der Waals surface area contributed by atoms with Gasteiger partial charge >= 0.3 is 0 Å². The molecule has 98 valence electrons. The molecule has 2 aromatic rings. The zero-order valence-electron chi connectivity index (χ0n) is 10.2. The Morgan fingerprint density at radius 3 is 2.63 bits per heavy atom. The number of hydrogen-bond donors (Lipinski definition) is 2. The number of aryl methyl sites for hydroxylation is 1. The van der Waals surface area contributed by atoms with Crippen LogP contribution in [-0.2, 0) is 0 Å². The summed E-state index contributed by atoms with van der Waals surface area (Å²) in [5, 5.41) is 3.36. The Labute approximate surface area is 124 Å². The van der Waals surface area contributed by atoms with Crippen LogP contribution >= 0.6 is 27.5 Å². The first-order chi connectivity index (χ1) is 8.97. The molecule has 0 heterocycles. The minimum absolute atomic E-state index is 0.208. The molecule has 0 unspecified atom stereocenters. The second-order valence-electron chi connectivity index (χ2n) is 4.15. The average molecular weight is 340 g/mol. The number of carbonyl (C=O) groups is 1. The maximum Gasteiger partial charge on any atom is 0.255 e. The minimum atomic E-state index is -0.208. The van der Waals surface area contributed by atoms with Crippen molar-refractivity contribution in [3.63, 3.8) is 0 Å². The molecule has 5 heteroatoms. The number of anilines is 2. The molecule has 19 heavy (non-hydrogen) atoms. The SMILES string of the molecule is Cc1ccc(NC(=O)c2ccc(Cl)c(Br)c2)cc1N. The normalized spacial score (nSPS) is 10.3. The fourth-order valence-corrected chi connectivity index (χ4v) is 2.06. The van der Waals surface area contributed by atoms with Gasteiger partial charge in [-0.15, -0.1) is 0 Å². The van der Waals surface area contributed by atoms with Crippen molar-refractivity contribution in [3.05, 3.63) is 57.0 Å². The zero-order valence-corrected chi connectivity index (χ0v) is 12.5. The van der Waals surface area contributed by atoms with Crippen molar-refractivity contribution in [3.8, 4) is 0 Å². The highest BCUT2D eigenvalue weighted by Crippen LogP contribution is 2.24. The molecule has 0 radical (unpaired) electrons. The number of halogens is 2. The topological polar surface area (TPSA) is 55.1 Å². The highest BCUT2D eigenvalue weighted by molar-refractivity contribution is 9.10. The van der Waals surface area contributed by atoms with Crippen molar-refractivity contribution in [1.29, 1.82) is 0 Å². The lowest BCUT2D eigenvalue weighted by molar-refractivity contribution is 0.102. The van der Waals surface area contributed by atoms with Crippen molar-refractivity contribution >= 4 is 44.8 Å². The van der Waals surface area contributed by atoms with Crippen molar-refractivity contribution in [1.82, 2.24) is 0 Å². The van der Waals surface area contributed by atoms with Gasteiger partial charge in [0.05, 0.1) is 5.02 Å². The second-order valence-corrected chi connectivity index (χ2v) is 5.42. The van der Waals surface area contributed by atoms with E-state index in [1.54, 1.807) is 24.3 Å². The van der Waals surface area contributed by atoms with Gasteiger partial charge < -0.3 is 11.1 Å². The maximum atomic E-state index is 12.1. The van der Waals surface area contributed by atoms with Crippen LogP contribution in [0.1, 0.15) is 15.9 Å². The lowest BCUT2D eigenvalue weighted by Gasteiger charge is -2.08. The Bertz CT molecular complexity index is 643. The van der Waals surface area contributed by atoms with Gasteiger partial charge in [0.1, 0.15) is 0 Å². The van der Waals surface area contributed by atoms with E-state index in [0.717, 1.165) is 5.56 Å². The number of hydrogen-bond acceptors (Lipinski definition) is 2. The predicted octanol–water partition coefficient (Wildman–Crippen LogP) is 4.25. The van der Waals surface area contributed by atoms with E-state index < -0.39 is 0 Å². The Morgan fingerprint density at radius 1 is 1.26 bits per heavy atom. The van der Waals surface area contributed by atoms with Crippen LogP contribution in [0, 0.1) is 6.92 Å². The van der Waals surface area contributed by atoms with Crippen molar-refractivity contribution in [2.24, 2.45) is 0 Å². The van der Waals surface area contributed by atoms with Crippen molar-refractivity contribution in [2.45, 2.75) is 6.92 Å². The summed E-state index contributed by atoms with van der Waals surface area (Å²) in [6.07, 6.45) is 0. The van der Waals surface area contributed by atoms with Gasteiger partial charge in [-0.25, -0.2) is 0 Å². The van der Waals surface area contributed by atoms with Crippen LogP contribution < -0.4 is 11.1 Å². The predicted molar refractivity (Wildman–Crippen MR) is 82.7 cm³/mol. The fraction of sp³-hybridized carbons (Fsp3) is 0.0714. The summed E-state index contributed by atoms with van der Waals surface area (Å²) in [5.74, 6) is -0.208. The molecule has 2 rings (SSSR count). The molecule has 0 saturated heterocycles. The largest absolute Gasteiger partial charge is 0.398 e. The van der Waals surface area contributed by atoms with E-state index in [1.807, 2.05) is 19.1 Å². The summed E-state index contributed by atoms with van der Waals surface area (Å²) in [6, 6.07) is 10.4. The van der Waals surface area contributed by atoms with Gasteiger partial charge in [-0.1, -0.05) is 17.7 Å². The first kappa shape index (κ1) is 13.9. The average Bonchev–Trinajstić information content (AvgIpc) is 2.37. The van der Waals surface area contributed by atoms with Gasteiger partial charge in [0.2, 0.25) is 0 Å². The van der Waals surface area contributed by atoms with Crippen LogP contribution in [0.25, 0.3) is 0 Å². The third-order valence-corrected chi connectivity index (χ3v) is 3.93. The Morgan fingerprint density at radius 2 is 2.00 bits per heavy atom. The lowest BCUT2D eigenvalue weighted by Crippen LogP contribution is -2.12. The molecule has 3 nitrogen and oxygen atoms in total. The van der Waals surface area contributed by atoms with E-state index in [0.29, 0.717) is 26.4 Å². The number of benzene rings is 2. The van der Waals surface area contributed by atoms with Crippen molar-refractivity contribution in [2.75, 3.05) is 11.1 Å². The standard InChI is InChI=1S/C14H12BrClN2O/c1-8-2-4-10(7-13(8)17)18-14(19)9-3-5-12(16)11(15)6-9/h2-7H,17H2,1H3,(H,18,19). The summed E-state index contributed by atoms with van der Waals surface area (Å²) >= 11 is 9.18. The molecule has 0 bridgehead atoms. The summed E-state index contributed by atoms with van der Waals surface area (Å²) in [7, 11) is 0. The summed E-state index contributed by atoms with van der Waals surface area (Å²) < 4.78 is 0.685. The first-order valence-electron chi connectivity index (χ1n) is 5.60. The van der Waals surface area contributed by atoms with Crippen LogP contribution in [0.2, 0.25) is 5.02 Å². The highest BCUT2D eigenvalue weighted by atomic mass is 79.9. The van der Waals surface area contributed by atoms with Crippen LogP contribution in [0.4, 0.5) is 11.4 Å². The summed E-state index contributed by atoms with van der Waals surface area (Å²) in [5.41, 5.74) is 8.62. The molecule has 0 aliphatic rings. The van der Waals surface area contributed by atoms with E-state index in [4.69, 9.17) is 17.3 Å². The summed E-state index contributed by atoms with van der Waals surface area (Å²) in [6.45, 7) is 1.91. The zero-order chi connectivity index (χ0) is 14.0. The van der Waals surface area contributed by atoms with Crippen LogP contribution in [0.15, 0.2) is 40.9 Å². The molecule has 0 aliphatic heterocycles. The molecule has 0 atom stereocenters. The Balaban J connectivity index is 2.20. The van der Waals surface area contributed by atoms with Crippen LogP contribution in [0.5, 0.6) is 0 Å². The molecule has 0 fully saturated rings. The fourth-order valence-electron chi connectivity index (χ4n) is 1.56. The Hall–Kier alpha value is -1.52. The van der Waals surface area contributed by atoms with E-state index in [-0.39, 0.29) is 5.91 Å². The molecule has 0 aliphatic carbocycles. The van der Waals surface area contributed by atoms with Gasteiger partial charge in [-0.2, -0.15) is 0 Å². The molecule has 0 saturated carbocycles. The summed E-state index contributed by atoms with van der Waals surface area (Å²) in [4.78, 5) is 12.1. The molecular formula is C14H12BrClN2O. The molecular weight excluding hydrogens is 328 g/mol. The maximum absolute atomic E-state index is 12.1. The number of nitrogen functional groups attached to an aromatic ring is 1. The van der Waals surface area contributed by atoms with E-state index in [1.165, 1.54) is 0 Å².